The summed E-state index contributed by atoms with van der Waals surface area (Å²) in [6.45, 7) is 15.7. The summed E-state index contributed by atoms with van der Waals surface area (Å²) >= 11 is 0. The maximum atomic E-state index is 10.3. The van der Waals surface area contributed by atoms with Crippen LogP contribution in [0.3, 0.4) is 0 Å². The zero-order valence-electron chi connectivity index (χ0n) is 70.0. The number of hydrogen-bond acceptors (Lipinski definition) is 8. The quantitative estimate of drug-likeness (QED) is 0.0697. The molecule has 130 heavy (non-hydrogen) atoms. The van der Waals surface area contributed by atoms with Gasteiger partial charge in [-0.1, -0.05) is 309 Å². The van der Waals surface area contributed by atoms with Crippen LogP contribution in [0, 0.1) is 35.8 Å². The topological polar surface area (TPSA) is 95.5 Å². The summed E-state index contributed by atoms with van der Waals surface area (Å²) in [6, 6.07) is 156. The second-order valence-electron chi connectivity index (χ2n) is 32.5. The average Bonchev–Trinajstić information content (AvgIpc) is 0.977. The number of fused-ring (bicyclic) bond motifs is 6. The van der Waals surface area contributed by atoms with Crippen molar-refractivity contribution in [2.75, 3.05) is 19.6 Å². The van der Waals surface area contributed by atoms with E-state index in [1.807, 2.05) is 152 Å². The molecular formula is C120H72N8O2. The van der Waals surface area contributed by atoms with Gasteiger partial charge in [0, 0.05) is 71.2 Å². The summed E-state index contributed by atoms with van der Waals surface area (Å²) in [6.07, 6.45) is 0. The lowest BCUT2D eigenvalue weighted by molar-refractivity contribution is 0.669. The van der Waals surface area contributed by atoms with E-state index in [4.69, 9.17) is 22.0 Å². The van der Waals surface area contributed by atoms with E-state index < -0.39 is 0 Å². The summed E-state index contributed by atoms with van der Waals surface area (Å²) in [5.41, 5.74) is 25.4. The molecule has 0 spiro atoms. The molecule has 0 aliphatic rings. The van der Waals surface area contributed by atoms with Crippen molar-refractivity contribution in [2.24, 2.45) is 0 Å². The number of nitrogens with zero attached hydrogens (tertiary/aromatic N) is 8. The molecule has 0 aliphatic carbocycles. The Morgan fingerprint density at radius 3 is 0.923 bits per heavy atom. The van der Waals surface area contributed by atoms with E-state index in [0.717, 1.165) is 210 Å². The van der Waals surface area contributed by atoms with Gasteiger partial charge in [-0.25, -0.2) is 9.69 Å². The third-order valence-electron chi connectivity index (χ3n) is 25.3. The minimum atomic E-state index is 0.558. The van der Waals surface area contributed by atoms with Gasteiger partial charge in [0.2, 0.25) is 0 Å². The minimum Gasteiger partial charge on any atom is -0.454 e. The Kier molecular flexibility index (Phi) is 18.9. The van der Waals surface area contributed by atoms with E-state index in [-0.39, 0.29) is 0 Å². The fourth-order valence-corrected chi connectivity index (χ4v) is 19.4. The summed E-state index contributed by atoms with van der Waals surface area (Å²) in [5, 5.41) is 37.6. The highest BCUT2D eigenvalue weighted by atomic mass is 16.3. The standard InChI is InChI=1S/C66H38N4O2.C54H34N4/c1-68-46-31-37-58(54(39-46)43-16-6-3-7-17-43)70(60-23-13-21-50-48-19-9-11-25-62(48)72-66(50)60)56-36-30-45-27-32-51-55(35-29-44-28-33-52(56)64(45)63(44)51)69(57-34-26-41(40-67)38-53(57)42-14-4-2-5-15-42)59-22-12-20-49-47-18-8-10-24-61(47)71-65(49)59;1-56-42-26-30-44(31-27-42)58(50-19-11-9-17-46(50)39-14-6-3-7-15-39)52-35-25-41-22-32-47-51(34-24-40-23-33-48(52)54(41)53(40)47)57(43-28-20-37(36-55)21-29-43)49-18-10-8-16-45(49)38-12-4-2-5-13-38/h2-39H;2-35H. The second-order valence-corrected chi connectivity index (χ2v) is 32.5. The van der Waals surface area contributed by atoms with E-state index in [1.54, 1.807) is 0 Å². The SMILES string of the molecule is [C-]#[N+]c1ccc(N(c2ccc3ccc4c(N(c5ccc(C#N)cc5-c5ccccc5)c5cccc6c5oc5ccccc56)ccc5ccc2c3c54)c2cccc3c2oc2ccccc23)c(-c2ccccc2)c1.[C-]#[N+]c1ccc(N(c2ccccc2-c2ccccc2)c2ccc3ccc4c(N(c5ccc(C#N)cc5)c5ccccc5-c5ccccc5)ccc5ccc2c3c54)cc1. The Morgan fingerprint density at radius 1 is 0.215 bits per heavy atom. The van der Waals surface area contributed by atoms with Gasteiger partial charge >= 0.3 is 0 Å². The molecule has 604 valence electrons. The first-order valence-electron chi connectivity index (χ1n) is 43.2. The minimum absolute atomic E-state index is 0.558. The zero-order valence-corrected chi connectivity index (χ0v) is 70.0. The van der Waals surface area contributed by atoms with E-state index in [0.29, 0.717) is 22.5 Å². The predicted molar refractivity (Wildman–Crippen MR) is 537 cm³/mol. The smallest absolute Gasteiger partial charge is 0.188 e. The first-order valence-corrected chi connectivity index (χ1v) is 43.2. The largest absolute Gasteiger partial charge is 0.454 e. The maximum absolute atomic E-state index is 10.3. The molecule has 10 nitrogen and oxygen atoms in total. The van der Waals surface area contributed by atoms with E-state index >= 15 is 0 Å². The molecule has 0 unspecified atom stereocenters. The van der Waals surface area contributed by atoms with Gasteiger partial charge in [-0.2, -0.15) is 10.5 Å². The van der Waals surface area contributed by atoms with Crippen LogP contribution in [-0.4, -0.2) is 0 Å². The first kappa shape index (κ1) is 76.6. The molecule has 24 aromatic rings. The van der Waals surface area contributed by atoms with Gasteiger partial charge in [-0.15, -0.1) is 0 Å². The lowest BCUT2D eigenvalue weighted by Gasteiger charge is -2.31. The van der Waals surface area contributed by atoms with Crippen LogP contribution in [0.25, 0.3) is 163 Å². The second kappa shape index (κ2) is 32.1. The van der Waals surface area contributed by atoms with Crippen LogP contribution in [0.5, 0.6) is 0 Å². The molecule has 2 aromatic heterocycles. The molecule has 0 aliphatic heterocycles. The van der Waals surface area contributed by atoms with Crippen molar-refractivity contribution in [3.8, 4) is 56.6 Å². The Hall–Kier alpha value is -18.3. The number of benzene rings is 22. The molecule has 0 amide bonds. The molecule has 0 N–H and O–H groups in total. The molecule has 2 heterocycles. The molecule has 22 aromatic carbocycles. The van der Waals surface area contributed by atoms with Gasteiger partial charge in [0.25, 0.3) is 0 Å². The number of anilines is 12. The van der Waals surface area contributed by atoms with Crippen LogP contribution in [0.4, 0.5) is 79.6 Å². The van der Waals surface area contributed by atoms with Crippen LogP contribution in [0.15, 0.2) is 446 Å². The number of para-hydroxylation sites is 6. The van der Waals surface area contributed by atoms with Crippen LogP contribution in [0.2, 0.25) is 0 Å². The fourth-order valence-electron chi connectivity index (χ4n) is 19.4. The molecule has 0 saturated heterocycles. The number of rotatable bonds is 16. The molecule has 10 heteroatoms. The van der Waals surface area contributed by atoms with E-state index in [1.165, 1.54) is 10.8 Å². The highest BCUT2D eigenvalue weighted by Gasteiger charge is 2.31. The molecule has 24 rings (SSSR count). The molecule has 0 saturated carbocycles. The van der Waals surface area contributed by atoms with Gasteiger partial charge in [-0.3, -0.25) is 0 Å². The predicted octanol–water partition coefficient (Wildman–Crippen LogP) is 34.4. The average molecular weight is 1660 g/mol. The van der Waals surface area contributed by atoms with E-state index in [9.17, 15) is 10.5 Å². The Labute approximate surface area is 749 Å². The Balaban J connectivity index is 0.000000152. The van der Waals surface area contributed by atoms with Crippen molar-refractivity contribution in [3.05, 3.63) is 471 Å². The van der Waals surface area contributed by atoms with Crippen LogP contribution in [0.1, 0.15) is 11.1 Å². The number of nitriles is 2. The van der Waals surface area contributed by atoms with Crippen molar-refractivity contribution in [1.29, 1.82) is 10.5 Å². The fraction of sp³-hybridized carbons (Fsp3) is 0. The number of hydrogen-bond donors (Lipinski definition) is 0. The van der Waals surface area contributed by atoms with Gasteiger partial charge in [0.1, 0.15) is 11.2 Å². The molecule has 0 atom stereocenters. The summed E-state index contributed by atoms with van der Waals surface area (Å²) in [4.78, 5) is 16.9. The monoisotopic (exact) mass is 1660 g/mol. The number of furan rings is 2. The summed E-state index contributed by atoms with van der Waals surface area (Å²) < 4.78 is 13.7. The molecular weight excluding hydrogens is 1590 g/mol. The third-order valence-corrected chi connectivity index (χ3v) is 25.3. The first-order chi connectivity index (χ1) is 64.3. The van der Waals surface area contributed by atoms with Crippen molar-refractivity contribution in [1.82, 2.24) is 0 Å². The van der Waals surface area contributed by atoms with Crippen molar-refractivity contribution in [3.63, 3.8) is 0 Å². The van der Waals surface area contributed by atoms with Crippen molar-refractivity contribution in [2.45, 2.75) is 0 Å². The third kappa shape index (κ3) is 13.0. The molecule has 0 fully saturated rings. The van der Waals surface area contributed by atoms with Crippen LogP contribution < -0.4 is 19.6 Å². The highest BCUT2D eigenvalue weighted by molar-refractivity contribution is 6.31. The van der Waals surface area contributed by atoms with E-state index in [2.05, 4.69) is 327 Å². The van der Waals surface area contributed by atoms with Crippen molar-refractivity contribution >= 4 is 188 Å². The summed E-state index contributed by atoms with van der Waals surface area (Å²) in [5.74, 6) is 0. The lowest BCUT2D eigenvalue weighted by atomic mass is 9.91. The Bertz CT molecular complexity index is 8230. The van der Waals surface area contributed by atoms with Crippen molar-refractivity contribution < 1.29 is 8.83 Å². The van der Waals surface area contributed by atoms with Crippen LogP contribution in [-0.2, 0) is 0 Å². The van der Waals surface area contributed by atoms with Gasteiger partial charge < -0.3 is 28.4 Å². The highest BCUT2D eigenvalue weighted by Crippen LogP contribution is 2.56. The maximum Gasteiger partial charge on any atom is 0.188 e. The van der Waals surface area contributed by atoms with Gasteiger partial charge in [-0.05, 0) is 198 Å². The Morgan fingerprint density at radius 2 is 0.515 bits per heavy atom. The molecule has 0 bridgehead atoms. The zero-order chi connectivity index (χ0) is 86.9. The lowest BCUT2D eigenvalue weighted by Crippen LogP contribution is -2.13. The van der Waals surface area contributed by atoms with Gasteiger partial charge in [0.05, 0.1) is 93.3 Å². The van der Waals surface area contributed by atoms with Crippen LogP contribution >= 0.6 is 0 Å². The summed E-state index contributed by atoms with van der Waals surface area (Å²) in [7, 11) is 0. The van der Waals surface area contributed by atoms with Gasteiger partial charge in [0.15, 0.2) is 22.5 Å². The normalized spacial score (nSPS) is 11.4. The molecule has 0 radical (unpaired) electrons.